The van der Waals surface area contributed by atoms with Crippen molar-refractivity contribution in [2.45, 2.75) is 37.9 Å². The lowest BCUT2D eigenvalue weighted by Crippen LogP contribution is -2.73. The van der Waals surface area contributed by atoms with Crippen LogP contribution in [0.5, 0.6) is 0 Å². The van der Waals surface area contributed by atoms with E-state index in [0.717, 1.165) is 12.8 Å². The Balaban J connectivity index is 2.19. The van der Waals surface area contributed by atoms with Crippen LogP contribution >= 0.6 is 0 Å². The van der Waals surface area contributed by atoms with Crippen LogP contribution in [0, 0.1) is 0 Å². The molecule has 1 amide bonds. The highest BCUT2D eigenvalue weighted by Crippen LogP contribution is 2.36. The Hall–Kier alpha value is -0.570. The van der Waals surface area contributed by atoms with Crippen molar-refractivity contribution in [3.8, 4) is 0 Å². The van der Waals surface area contributed by atoms with E-state index < -0.39 is 0 Å². The van der Waals surface area contributed by atoms with Crippen molar-refractivity contribution < 1.29 is 4.79 Å². The van der Waals surface area contributed by atoms with Crippen molar-refractivity contribution in [3.05, 3.63) is 0 Å². The second-order valence-corrected chi connectivity index (χ2v) is 3.91. The van der Waals surface area contributed by atoms with Crippen molar-refractivity contribution in [3.63, 3.8) is 0 Å². The molecule has 0 saturated carbocycles. The number of rotatable bonds is 1. The SMILES string of the molecule is CCC1C2CC(C(=O)N1C)N2C. The lowest BCUT2D eigenvalue weighted by molar-refractivity contribution is -0.163. The topological polar surface area (TPSA) is 23.6 Å². The molecule has 3 nitrogen and oxygen atoms in total. The maximum atomic E-state index is 11.6. The van der Waals surface area contributed by atoms with Crippen LogP contribution < -0.4 is 0 Å². The van der Waals surface area contributed by atoms with E-state index in [0.29, 0.717) is 18.0 Å². The Bertz CT molecular complexity index is 217. The number of likely N-dealkylation sites (N-methyl/N-ethyl adjacent to an activating group) is 2. The summed E-state index contributed by atoms with van der Waals surface area (Å²) in [7, 11) is 4.00. The maximum Gasteiger partial charge on any atom is 0.240 e. The minimum atomic E-state index is 0.197. The molecule has 2 bridgehead atoms. The molecule has 0 aliphatic carbocycles. The summed E-state index contributed by atoms with van der Waals surface area (Å²) in [6.07, 6.45) is 2.15. The summed E-state index contributed by atoms with van der Waals surface area (Å²) in [6, 6.07) is 1.28. The van der Waals surface area contributed by atoms with Gasteiger partial charge in [-0.1, -0.05) is 6.92 Å². The van der Waals surface area contributed by atoms with Crippen LogP contribution in [0.15, 0.2) is 0 Å². The molecule has 3 rings (SSSR count). The third-order valence-corrected chi connectivity index (χ3v) is 3.47. The first kappa shape index (κ1) is 8.05. The molecule has 3 aliphatic heterocycles. The summed E-state index contributed by atoms with van der Waals surface area (Å²) < 4.78 is 0. The van der Waals surface area contributed by atoms with E-state index >= 15 is 0 Å². The number of piperazine rings is 1. The van der Waals surface area contributed by atoms with Gasteiger partial charge in [0.05, 0.1) is 6.04 Å². The van der Waals surface area contributed by atoms with Gasteiger partial charge in [0.25, 0.3) is 0 Å². The number of hydrogen-bond donors (Lipinski definition) is 0. The summed E-state index contributed by atoms with van der Waals surface area (Å²) in [5.41, 5.74) is 0. The molecule has 0 aromatic carbocycles. The van der Waals surface area contributed by atoms with Gasteiger partial charge in [-0.3, -0.25) is 9.69 Å². The Labute approximate surface area is 73.3 Å². The molecule has 0 aromatic heterocycles. The van der Waals surface area contributed by atoms with Gasteiger partial charge >= 0.3 is 0 Å². The number of carbonyl (C=O) groups excluding carboxylic acids is 1. The Kier molecular flexibility index (Phi) is 1.65. The third kappa shape index (κ3) is 0.774. The molecule has 68 valence electrons. The molecule has 3 unspecified atom stereocenters. The minimum Gasteiger partial charge on any atom is -0.340 e. The lowest BCUT2D eigenvalue weighted by atomic mass is 9.81. The average Bonchev–Trinajstić information content (AvgIpc) is 2.07. The number of nitrogens with zero attached hydrogens (tertiary/aromatic N) is 2. The normalized spacial score (nSPS) is 41.4. The predicted octanol–water partition coefficient (Wildman–Crippen LogP) is 0.310. The van der Waals surface area contributed by atoms with Gasteiger partial charge in [-0.05, 0) is 19.9 Å². The van der Waals surface area contributed by atoms with Crippen molar-refractivity contribution in [2.75, 3.05) is 14.1 Å². The monoisotopic (exact) mass is 168 g/mol. The van der Waals surface area contributed by atoms with Gasteiger partial charge in [-0.2, -0.15) is 0 Å². The second kappa shape index (κ2) is 2.46. The number of amides is 1. The maximum absolute atomic E-state index is 11.6. The highest BCUT2D eigenvalue weighted by molar-refractivity contribution is 5.85. The Morgan fingerprint density at radius 2 is 2.17 bits per heavy atom. The number of piperidine rings is 1. The molecule has 0 radical (unpaired) electrons. The largest absolute Gasteiger partial charge is 0.340 e. The fraction of sp³-hybridized carbons (Fsp3) is 0.889. The highest BCUT2D eigenvalue weighted by Gasteiger charge is 2.51. The Morgan fingerprint density at radius 3 is 2.67 bits per heavy atom. The van der Waals surface area contributed by atoms with Crippen molar-refractivity contribution >= 4 is 5.91 Å². The van der Waals surface area contributed by atoms with Crippen molar-refractivity contribution in [1.29, 1.82) is 0 Å². The molecule has 3 atom stereocenters. The molecule has 12 heavy (non-hydrogen) atoms. The molecule has 3 saturated heterocycles. The molecule has 0 aromatic rings. The van der Waals surface area contributed by atoms with Crippen molar-refractivity contribution in [1.82, 2.24) is 9.80 Å². The molecule has 0 spiro atoms. The molecule has 3 heteroatoms. The standard InChI is InChI=1S/C9H16N2O/c1-4-6-7-5-8(10(7)2)9(12)11(6)3/h6-8H,4-5H2,1-3H3. The van der Waals surface area contributed by atoms with E-state index in [2.05, 4.69) is 18.9 Å². The van der Waals surface area contributed by atoms with E-state index in [1.807, 2.05) is 11.9 Å². The first-order chi connectivity index (χ1) is 5.66. The van der Waals surface area contributed by atoms with Crippen LogP contribution in [0.3, 0.4) is 0 Å². The second-order valence-electron chi connectivity index (χ2n) is 3.91. The van der Waals surface area contributed by atoms with Gasteiger partial charge in [-0.15, -0.1) is 0 Å². The van der Waals surface area contributed by atoms with Crippen LogP contribution in [-0.2, 0) is 4.79 Å². The summed E-state index contributed by atoms with van der Waals surface area (Å²) >= 11 is 0. The van der Waals surface area contributed by atoms with Crippen LogP contribution in [-0.4, -0.2) is 47.9 Å². The van der Waals surface area contributed by atoms with Crippen LogP contribution in [0.1, 0.15) is 19.8 Å². The zero-order valence-electron chi connectivity index (χ0n) is 7.95. The van der Waals surface area contributed by atoms with E-state index in [9.17, 15) is 4.79 Å². The fourth-order valence-corrected chi connectivity index (χ4v) is 2.56. The average molecular weight is 168 g/mol. The van der Waals surface area contributed by atoms with Crippen molar-refractivity contribution in [2.24, 2.45) is 0 Å². The molecule has 0 N–H and O–H groups in total. The third-order valence-electron chi connectivity index (χ3n) is 3.47. The highest BCUT2D eigenvalue weighted by atomic mass is 16.2. The first-order valence-corrected chi connectivity index (χ1v) is 4.65. The molecule has 3 fully saturated rings. The number of fused-ring (bicyclic) bond motifs is 2. The quantitative estimate of drug-likeness (QED) is 0.562. The summed E-state index contributed by atoms with van der Waals surface area (Å²) in [5, 5.41) is 0. The smallest absolute Gasteiger partial charge is 0.240 e. The van der Waals surface area contributed by atoms with Crippen LogP contribution in [0.25, 0.3) is 0 Å². The van der Waals surface area contributed by atoms with Gasteiger partial charge < -0.3 is 4.90 Å². The summed E-state index contributed by atoms with van der Waals surface area (Å²) in [5.74, 6) is 0.312. The van der Waals surface area contributed by atoms with Gasteiger partial charge in [0, 0.05) is 19.1 Å². The summed E-state index contributed by atoms with van der Waals surface area (Å²) in [6.45, 7) is 2.15. The van der Waals surface area contributed by atoms with Gasteiger partial charge in [-0.25, -0.2) is 0 Å². The van der Waals surface area contributed by atoms with E-state index in [4.69, 9.17) is 0 Å². The zero-order chi connectivity index (χ0) is 8.88. The zero-order valence-corrected chi connectivity index (χ0v) is 7.95. The number of hydrogen-bond acceptors (Lipinski definition) is 2. The molecular formula is C9H16N2O. The van der Waals surface area contributed by atoms with Crippen LogP contribution in [0.4, 0.5) is 0 Å². The minimum absolute atomic E-state index is 0.197. The molecule has 3 aliphatic rings. The van der Waals surface area contributed by atoms with E-state index in [-0.39, 0.29) is 6.04 Å². The first-order valence-electron chi connectivity index (χ1n) is 4.65. The van der Waals surface area contributed by atoms with Gasteiger partial charge in [0.1, 0.15) is 0 Å². The fourth-order valence-electron chi connectivity index (χ4n) is 2.56. The van der Waals surface area contributed by atoms with Gasteiger partial charge in [0.2, 0.25) is 5.91 Å². The van der Waals surface area contributed by atoms with Gasteiger partial charge in [0.15, 0.2) is 0 Å². The summed E-state index contributed by atoms with van der Waals surface area (Å²) in [4.78, 5) is 15.8. The molecule has 3 heterocycles. The Morgan fingerprint density at radius 1 is 1.50 bits per heavy atom. The lowest BCUT2D eigenvalue weighted by Gasteiger charge is -2.57. The number of carbonyl (C=O) groups is 1. The van der Waals surface area contributed by atoms with E-state index in [1.165, 1.54) is 0 Å². The van der Waals surface area contributed by atoms with E-state index in [1.54, 1.807) is 0 Å². The molecular weight excluding hydrogens is 152 g/mol. The van der Waals surface area contributed by atoms with Crippen LogP contribution in [0.2, 0.25) is 0 Å². The predicted molar refractivity (Wildman–Crippen MR) is 46.8 cm³/mol.